The summed E-state index contributed by atoms with van der Waals surface area (Å²) in [4.78, 5) is 0. The molecule has 1 aliphatic heterocycles. The normalized spacial score (nSPS) is 18.8. The lowest BCUT2D eigenvalue weighted by Crippen LogP contribution is -2.42. The molecule has 1 fully saturated rings. The fourth-order valence-corrected chi connectivity index (χ4v) is 6.70. The highest BCUT2D eigenvalue weighted by atomic mass is 29.2. The van der Waals surface area contributed by atoms with Gasteiger partial charge in [0.25, 0.3) is 0 Å². The summed E-state index contributed by atoms with van der Waals surface area (Å²) in [7, 11) is 0.418. The van der Waals surface area contributed by atoms with Crippen molar-refractivity contribution in [2.24, 2.45) is 0 Å². The number of benzene rings is 1. The van der Waals surface area contributed by atoms with Gasteiger partial charge in [-0.15, -0.1) is 0 Å². The zero-order valence-corrected chi connectivity index (χ0v) is 9.84. The molecular formula is C10H13OSi2. The van der Waals surface area contributed by atoms with Gasteiger partial charge in [-0.1, -0.05) is 41.1 Å². The fourth-order valence-electron chi connectivity index (χ4n) is 1.61. The summed E-state index contributed by atoms with van der Waals surface area (Å²) < 4.78 is 5.56. The van der Waals surface area contributed by atoms with Gasteiger partial charge in [-0.3, -0.25) is 0 Å². The van der Waals surface area contributed by atoms with E-state index in [1.807, 2.05) is 0 Å². The van der Waals surface area contributed by atoms with Crippen molar-refractivity contribution < 1.29 is 4.43 Å². The Labute approximate surface area is 83.5 Å². The quantitative estimate of drug-likeness (QED) is 0.627. The molecule has 1 saturated heterocycles. The van der Waals surface area contributed by atoms with Gasteiger partial charge in [0, 0.05) is 6.61 Å². The molecule has 0 amide bonds. The lowest BCUT2D eigenvalue weighted by Gasteiger charge is -2.20. The minimum atomic E-state index is -0.350. The molecule has 0 atom stereocenters. The first-order valence-corrected chi connectivity index (χ1v) is 8.29. The van der Waals surface area contributed by atoms with Gasteiger partial charge in [0.15, 0.2) is 0 Å². The Kier molecular flexibility index (Phi) is 2.98. The van der Waals surface area contributed by atoms with E-state index in [0.717, 1.165) is 15.9 Å². The Morgan fingerprint density at radius 2 is 2.23 bits per heavy atom. The van der Waals surface area contributed by atoms with Crippen molar-refractivity contribution in [2.75, 3.05) is 6.61 Å². The van der Waals surface area contributed by atoms with Crippen LogP contribution in [0, 0.1) is 6.92 Å². The molecule has 2 rings (SSSR count). The Bertz CT molecular complexity index is 282. The van der Waals surface area contributed by atoms with Crippen molar-refractivity contribution in [3.63, 3.8) is 0 Å². The second kappa shape index (κ2) is 4.22. The first-order chi connectivity index (χ1) is 6.38. The van der Waals surface area contributed by atoms with Crippen LogP contribution in [0.3, 0.4) is 0 Å². The zero-order chi connectivity index (χ0) is 9.10. The van der Waals surface area contributed by atoms with E-state index in [0.29, 0.717) is 0 Å². The van der Waals surface area contributed by atoms with E-state index >= 15 is 0 Å². The zero-order valence-electron chi connectivity index (χ0n) is 7.84. The van der Waals surface area contributed by atoms with Gasteiger partial charge in [-0.2, -0.15) is 0 Å². The van der Waals surface area contributed by atoms with Crippen molar-refractivity contribution in [2.45, 2.75) is 19.4 Å². The maximum atomic E-state index is 5.56. The van der Waals surface area contributed by atoms with E-state index in [2.05, 4.69) is 31.2 Å². The highest BCUT2D eigenvalue weighted by molar-refractivity contribution is 7.17. The first-order valence-electron chi connectivity index (χ1n) is 4.67. The van der Waals surface area contributed by atoms with Crippen LogP contribution in [0.4, 0.5) is 0 Å². The lowest BCUT2D eigenvalue weighted by molar-refractivity contribution is 0.336. The van der Waals surface area contributed by atoms with Crippen LogP contribution in [-0.2, 0) is 4.43 Å². The topological polar surface area (TPSA) is 9.23 Å². The summed E-state index contributed by atoms with van der Waals surface area (Å²) in [5.74, 6) is 0. The highest BCUT2D eigenvalue weighted by Gasteiger charge is 2.21. The Morgan fingerprint density at radius 3 is 2.92 bits per heavy atom. The Hall–Kier alpha value is -0.386. The van der Waals surface area contributed by atoms with Crippen LogP contribution in [0.5, 0.6) is 0 Å². The molecule has 1 aromatic rings. The standard InChI is InChI=1S/C10H13OSi2/c1-9-5-2-3-6-10(9)13-8-4-7-11-12-13/h2-3,5-6H,4,7-8H2,1H3. The summed E-state index contributed by atoms with van der Waals surface area (Å²) in [6.07, 6.45) is 1.26. The smallest absolute Gasteiger partial charge is 0.215 e. The average molecular weight is 205 g/mol. The van der Waals surface area contributed by atoms with E-state index in [-0.39, 0.29) is 8.31 Å². The lowest BCUT2D eigenvalue weighted by atomic mass is 10.2. The van der Waals surface area contributed by atoms with E-state index in [1.165, 1.54) is 18.0 Å². The molecule has 3 radical (unpaired) electrons. The Balaban J connectivity index is 2.18. The molecule has 0 bridgehead atoms. The molecule has 0 unspecified atom stereocenters. The van der Waals surface area contributed by atoms with Crippen molar-refractivity contribution in [1.29, 1.82) is 0 Å². The van der Waals surface area contributed by atoms with Crippen LogP contribution in [0.15, 0.2) is 24.3 Å². The molecule has 0 saturated carbocycles. The van der Waals surface area contributed by atoms with Crippen molar-refractivity contribution in [3.05, 3.63) is 29.8 Å². The molecule has 0 spiro atoms. The van der Waals surface area contributed by atoms with E-state index in [9.17, 15) is 0 Å². The summed E-state index contributed by atoms with van der Waals surface area (Å²) in [5.41, 5.74) is 1.45. The molecule has 1 heterocycles. The van der Waals surface area contributed by atoms with Crippen LogP contribution in [-0.4, -0.2) is 24.2 Å². The predicted molar refractivity (Wildman–Crippen MR) is 57.7 cm³/mol. The molecule has 0 N–H and O–H groups in total. The van der Waals surface area contributed by atoms with Gasteiger partial charge < -0.3 is 4.43 Å². The second-order valence-electron chi connectivity index (χ2n) is 3.35. The van der Waals surface area contributed by atoms with E-state index in [4.69, 9.17) is 4.43 Å². The molecule has 0 aromatic heterocycles. The van der Waals surface area contributed by atoms with Crippen molar-refractivity contribution >= 4 is 22.8 Å². The molecule has 1 nitrogen and oxygen atoms in total. The third-order valence-corrected chi connectivity index (χ3v) is 7.73. The number of rotatable bonds is 1. The second-order valence-corrected chi connectivity index (χ2v) is 8.26. The molecule has 67 valence electrons. The van der Waals surface area contributed by atoms with Gasteiger partial charge >= 0.3 is 0 Å². The monoisotopic (exact) mass is 205 g/mol. The van der Waals surface area contributed by atoms with Crippen LogP contribution < -0.4 is 5.19 Å². The summed E-state index contributed by atoms with van der Waals surface area (Å²) in [6.45, 7) is 3.20. The third kappa shape index (κ3) is 2.10. The SMILES string of the molecule is Cc1ccccc1[Si]1CCCO[Si]1. The third-order valence-electron chi connectivity index (χ3n) is 2.34. The van der Waals surface area contributed by atoms with Crippen LogP contribution in [0.25, 0.3) is 0 Å². The molecule has 3 heteroatoms. The van der Waals surface area contributed by atoms with Gasteiger partial charge in [0.05, 0.1) is 0 Å². The van der Waals surface area contributed by atoms with Gasteiger partial charge in [0.2, 0.25) is 9.28 Å². The Morgan fingerprint density at radius 1 is 1.38 bits per heavy atom. The molecule has 13 heavy (non-hydrogen) atoms. The van der Waals surface area contributed by atoms with Crippen LogP contribution in [0.2, 0.25) is 6.04 Å². The van der Waals surface area contributed by atoms with Gasteiger partial charge in [-0.05, 0) is 13.3 Å². The molecule has 1 aromatic carbocycles. The van der Waals surface area contributed by atoms with Crippen molar-refractivity contribution in [1.82, 2.24) is 0 Å². The van der Waals surface area contributed by atoms with Crippen LogP contribution in [0.1, 0.15) is 12.0 Å². The summed E-state index contributed by atoms with van der Waals surface area (Å²) in [5, 5.41) is 1.59. The largest absolute Gasteiger partial charge is 0.421 e. The van der Waals surface area contributed by atoms with E-state index in [1.54, 1.807) is 5.19 Å². The highest BCUT2D eigenvalue weighted by Crippen LogP contribution is 2.07. The van der Waals surface area contributed by atoms with Gasteiger partial charge in [-0.25, -0.2) is 0 Å². The average Bonchev–Trinajstić information content (AvgIpc) is 2.20. The van der Waals surface area contributed by atoms with Crippen molar-refractivity contribution in [3.8, 4) is 0 Å². The number of hydrogen-bond acceptors (Lipinski definition) is 1. The predicted octanol–water partition coefficient (Wildman–Crippen LogP) is 1.23. The molecule has 0 aliphatic carbocycles. The minimum absolute atomic E-state index is 0.350. The fraction of sp³-hybridized carbons (Fsp3) is 0.400. The first kappa shape index (κ1) is 9.18. The molecule has 1 aliphatic rings. The molecular weight excluding hydrogens is 192 g/mol. The maximum absolute atomic E-state index is 5.56. The van der Waals surface area contributed by atoms with Crippen LogP contribution >= 0.6 is 0 Å². The number of aryl methyl sites for hydroxylation is 1. The van der Waals surface area contributed by atoms with E-state index < -0.39 is 0 Å². The number of hydrogen-bond donors (Lipinski definition) is 0. The summed E-state index contributed by atoms with van der Waals surface area (Å²) >= 11 is 0. The van der Waals surface area contributed by atoms with Gasteiger partial charge in [0.1, 0.15) is 8.31 Å². The minimum Gasteiger partial charge on any atom is -0.421 e. The maximum Gasteiger partial charge on any atom is 0.215 e. The summed E-state index contributed by atoms with van der Waals surface area (Å²) in [6, 6.07) is 10.2.